The Morgan fingerprint density at radius 3 is 2.64 bits per heavy atom. The molecule has 0 aromatic heterocycles. The number of carbonyl (C=O) groups is 2. The molecule has 3 rings (SSSR count). The zero-order valence-electron chi connectivity index (χ0n) is 15.2. The predicted octanol–water partition coefficient (Wildman–Crippen LogP) is 0.585. The van der Waals surface area contributed by atoms with Gasteiger partial charge in [0.05, 0.1) is 19.7 Å². The fourth-order valence-corrected chi connectivity index (χ4v) is 3.74. The van der Waals surface area contributed by atoms with Gasteiger partial charge in [0, 0.05) is 20.0 Å². The predicted molar refractivity (Wildman–Crippen MR) is 95.2 cm³/mol. The van der Waals surface area contributed by atoms with Gasteiger partial charge in [0.1, 0.15) is 11.6 Å². The highest BCUT2D eigenvalue weighted by Gasteiger charge is 2.50. The second-order valence-electron chi connectivity index (χ2n) is 7.22. The monoisotopic (exact) mass is 345 g/mol. The molecule has 2 amide bonds. The van der Waals surface area contributed by atoms with Crippen molar-refractivity contribution >= 4 is 11.8 Å². The highest BCUT2D eigenvalue weighted by atomic mass is 16.5. The van der Waals surface area contributed by atoms with E-state index in [-0.39, 0.29) is 23.5 Å². The third kappa shape index (κ3) is 3.70. The Labute approximate surface area is 149 Å². The summed E-state index contributed by atoms with van der Waals surface area (Å²) in [6.07, 6.45) is 1.30. The molecule has 1 atom stereocenters. The lowest BCUT2D eigenvalue weighted by atomic mass is 9.90. The van der Waals surface area contributed by atoms with Crippen LogP contribution in [0, 0.1) is 6.92 Å². The van der Waals surface area contributed by atoms with Crippen LogP contribution in [0.25, 0.3) is 0 Å². The first-order valence-corrected chi connectivity index (χ1v) is 8.82. The Hall–Kier alpha value is -1.92. The van der Waals surface area contributed by atoms with Gasteiger partial charge in [-0.05, 0) is 31.5 Å². The van der Waals surface area contributed by atoms with Crippen LogP contribution in [0.15, 0.2) is 24.3 Å². The highest BCUT2D eigenvalue weighted by molar-refractivity contribution is 5.82. The normalized spacial score (nSPS) is 22.5. The number of benzene rings is 1. The van der Waals surface area contributed by atoms with Gasteiger partial charge in [0.2, 0.25) is 11.8 Å². The third-order valence-electron chi connectivity index (χ3n) is 5.35. The molecule has 2 saturated heterocycles. The molecule has 25 heavy (non-hydrogen) atoms. The van der Waals surface area contributed by atoms with Gasteiger partial charge in [-0.25, -0.2) is 0 Å². The van der Waals surface area contributed by atoms with E-state index in [4.69, 9.17) is 4.74 Å². The van der Waals surface area contributed by atoms with Crippen molar-refractivity contribution in [3.8, 4) is 0 Å². The van der Waals surface area contributed by atoms with Gasteiger partial charge in [-0.3, -0.25) is 14.5 Å². The van der Waals surface area contributed by atoms with Crippen LogP contribution in [-0.2, 0) is 20.7 Å². The average molecular weight is 345 g/mol. The number of hydrogen-bond acceptors (Lipinski definition) is 4. The molecule has 1 N–H and O–H groups in total. The Morgan fingerprint density at radius 1 is 1.28 bits per heavy atom. The summed E-state index contributed by atoms with van der Waals surface area (Å²) in [6.45, 7) is 4.36. The Morgan fingerprint density at radius 2 is 2.00 bits per heavy atom. The number of likely N-dealkylation sites (tertiary alicyclic amines) is 1. The molecule has 0 bridgehead atoms. The number of likely N-dealkylation sites (N-methyl/N-ethyl adjacent to an activating group) is 2. The van der Waals surface area contributed by atoms with E-state index >= 15 is 0 Å². The summed E-state index contributed by atoms with van der Waals surface area (Å²) < 4.78 is 5.97. The van der Waals surface area contributed by atoms with Crippen molar-refractivity contribution in [3.63, 3.8) is 0 Å². The summed E-state index contributed by atoms with van der Waals surface area (Å²) in [5, 5.41) is 2.67. The van der Waals surface area contributed by atoms with Gasteiger partial charge >= 0.3 is 0 Å². The van der Waals surface area contributed by atoms with E-state index in [1.807, 2.05) is 29.0 Å². The van der Waals surface area contributed by atoms with Crippen LogP contribution in [-0.4, -0.2) is 73.6 Å². The highest BCUT2D eigenvalue weighted by Crippen LogP contribution is 2.31. The largest absolute Gasteiger partial charge is 0.368 e. The fourth-order valence-electron chi connectivity index (χ4n) is 3.74. The summed E-state index contributed by atoms with van der Waals surface area (Å²) in [5.41, 5.74) is 2.15. The van der Waals surface area contributed by atoms with Crippen LogP contribution in [0.2, 0.25) is 0 Å². The molecule has 2 aliphatic rings. The van der Waals surface area contributed by atoms with Crippen LogP contribution < -0.4 is 5.32 Å². The van der Waals surface area contributed by atoms with Crippen molar-refractivity contribution in [2.24, 2.45) is 0 Å². The molecule has 1 aromatic rings. The third-order valence-corrected chi connectivity index (χ3v) is 5.35. The average Bonchev–Trinajstić information content (AvgIpc) is 2.58. The van der Waals surface area contributed by atoms with E-state index in [0.29, 0.717) is 32.7 Å². The second-order valence-corrected chi connectivity index (χ2v) is 7.22. The van der Waals surface area contributed by atoms with Gasteiger partial charge in [0.15, 0.2) is 0 Å². The first-order valence-electron chi connectivity index (χ1n) is 8.82. The lowest BCUT2D eigenvalue weighted by Gasteiger charge is -2.54. The Balaban J connectivity index is 1.48. The summed E-state index contributed by atoms with van der Waals surface area (Å²) in [4.78, 5) is 28.1. The zero-order valence-corrected chi connectivity index (χ0v) is 15.2. The molecule has 0 aliphatic carbocycles. The minimum absolute atomic E-state index is 0.0252. The van der Waals surface area contributed by atoms with Gasteiger partial charge in [-0.1, -0.05) is 24.3 Å². The lowest BCUT2D eigenvalue weighted by molar-refractivity contribution is -0.201. The summed E-state index contributed by atoms with van der Waals surface area (Å²) >= 11 is 0. The van der Waals surface area contributed by atoms with E-state index in [1.54, 1.807) is 7.05 Å². The SMILES string of the molecule is CNC(=O)[C@@H]1COC2(CN(C(=O)CCc3ccccc3C)C2)CN1C. The van der Waals surface area contributed by atoms with Gasteiger partial charge in [-0.2, -0.15) is 0 Å². The van der Waals surface area contributed by atoms with Crippen LogP contribution >= 0.6 is 0 Å². The van der Waals surface area contributed by atoms with Crippen LogP contribution in [0.4, 0.5) is 0 Å². The van der Waals surface area contributed by atoms with Crippen LogP contribution in [0.1, 0.15) is 17.5 Å². The van der Waals surface area contributed by atoms with Crippen molar-refractivity contribution in [3.05, 3.63) is 35.4 Å². The number of nitrogens with zero attached hydrogens (tertiary/aromatic N) is 2. The zero-order chi connectivity index (χ0) is 18.0. The van der Waals surface area contributed by atoms with Gasteiger partial charge in [-0.15, -0.1) is 0 Å². The van der Waals surface area contributed by atoms with Crippen LogP contribution in [0.5, 0.6) is 0 Å². The number of rotatable bonds is 4. The number of carbonyl (C=O) groups excluding carboxylic acids is 2. The molecule has 2 aliphatic heterocycles. The molecule has 0 unspecified atom stereocenters. The fraction of sp³-hybridized carbons (Fsp3) is 0.579. The minimum Gasteiger partial charge on any atom is -0.368 e. The van der Waals surface area contributed by atoms with E-state index < -0.39 is 0 Å². The maximum Gasteiger partial charge on any atom is 0.239 e. The van der Waals surface area contributed by atoms with Crippen molar-refractivity contribution < 1.29 is 14.3 Å². The molecule has 0 radical (unpaired) electrons. The first kappa shape index (κ1) is 17.9. The Kier molecular flexibility index (Phi) is 5.11. The quantitative estimate of drug-likeness (QED) is 0.867. The van der Waals surface area contributed by atoms with Crippen molar-refractivity contribution in [2.45, 2.75) is 31.4 Å². The van der Waals surface area contributed by atoms with Crippen molar-refractivity contribution in [1.82, 2.24) is 15.1 Å². The smallest absolute Gasteiger partial charge is 0.239 e. The standard InChI is InChI=1S/C19H27N3O3/c1-14-6-4-5-7-15(14)8-9-17(23)22-12-19(13-22)11-21(3)16(10-25-19)18(24)20-2/h4-7,16H,8-13H2,1-3H3,(H,20,24)/t16-/m0/s1. The summed E-state index contributed by atoms with van der Waals surface area (Å²) in [5.74, 6) is 0.149. The minimum atomic E-state index is -0.308. The number of hydrogen-bond donors (Lipinski definition) is 1. The van der Waals surface area contributed by atoms with Crippen molar-refractivity contribution in [2.75, 3.05) is 40.3 Å². The number of amides is 2. The number of morpholine rings is 1. The molecule has 136 valence electrons. The van der Waals surface area contributed by atoms with Gasteiger partial charge in [0.25, 0.3) is 0 Å². The Bertz CT molecular complexity index is 655. The number of ether oxygens (including phenoxy) is 1. The van der Waals surface area contributed by atoms with E-state index in [1.165, 1.54) is 11.1 Å². The maximum absolute atomic E-state index is 12.4. The lowest BCUT2D eigenvalue weighted by Crippen LogP contribution is -2.73. The number of aryl methyl sites for hydroxylation is 2. The molecule has 6 nitrogen and oxygen atoms in total. The number of nitrogens with one attached hydrogen (secondary N) is 1. The van der Waals surface area contributed by atoms with E-state index in [0.717, 1.165) is 6.42 Å². The van der Waals surface area contributed by atoms with Gasteiger partial charge < -0.3 is 15.0 Å². The molecule has 1 spiro atoms. The molecule has 2 heterocycles. The molecular weight excluding hydrogens is 318 g/mol. The van der Waals surface area contributed by atoms with Crippen molar-refractivity contribution in [1.29, 1.82) is 0 Å². The second kappa shape index (κ2) is 7.14. The topological polar surface area (TPSA) is 61.9 Å². The molecule has 6 heteroatoms. The maximum atomic E-state index is 12.4. The first-order chi connectivity index (χ1) is 11.9. The summed E-state index contributed by atoms with van der Waals surface area (Å²) in [7, 11) is 3.57. The van der Waals surface area contributed by atoms with E-state index in [2.05, 4.69) is 24.4 Å². The summed E-state index contributed by atoms with van der Waals surface area (Å²) in [6, 6.07) is 7.94. The van der Waals surface area contributed by atoms with E-state index in [9.17, 15) is 9.59 Å². The molecule has 2 fully saturated rings. The molecule has 1 aromatic carbocycles. The molecule has 0 saturated carbocycles. The molecular formula is C19H27N3O3. The van der Waals surface area contributed by atoms with Crippen LogP contribution in [0.3, 0.4) is 0 Å².